The molecule has 2 rings (SSSR count). The SMILES string of the molecule is Cc1ccc2c(c1)OC(F)(F)C2(F)F. The molecule has 1 heterocycles. The maximum Gasteiger partial charge on any atom is 0.469 e. The lowest BCUT2D eigenvalue weighted by Gasteiger charge is -2.15. The number of aryl methyl sites for hydroxylation is 1. The van der Waals surface area contributed by atoms with Crippen LogP contribution >= 0.6 is 0 Å². The Morgan fingerprint density at radius 3 is 2.43 bits per heavy atom. The van der Waals surface area contributed by atoms with E-state index in [4.69, 9.17) is 0 Å². The summed E-state index contributed by atoms with van der Waals surface area (Å²) in [6, 6.07) is 3.48. The molecule has 0 saturated heterocycles. The zero-order valence-electron chi connectivity index (χ0n) is 7.15. The number of fused-ring (bicyclic) bond motifs is 1. The van der Waals surface area contributed by atoms with Crippen molar-refractivity contribution in [1.82, 2.24) is 0 Å². The van der Waals surface area contributed by atoms with Crippen LogP contribution in [0.5, 0.6) is 5.75 Å². The van der Waals surface area contributed by atoms with Gasteiger partial charge in [-0.15, -0.1) is 0 Å². The van der Waals surface area contributed by atoms with Gasteiger partial charge in [0.15, 0.2) is 0 Å². The highest BCUT2D eigenvalue weighted by Gasteiger charge is 2.66. The van der Waals surface area contributed by atoms with E-state index in [1.807, 2.05) is 0 Å². The number of hydrogen-bond acceptors (Lipinski definition) is 1. The first kappa shape index (κ1) is 9.30. The van der Waals surface area contributed by atoms with Crippen LogP contribution < -0.4 is 4.74 Å². The van der Waals surface area contributed by atoms with E-state index in [0.29, 0.717) is 5.56 Å². The van der Waals surface area contributed by atoms with Crippen molar-refractivity contribution in [3.63, 3.8) is 0 Å². The molecule has 5 heteroatoms. The number of rotatable bonds is 0. The molecule has 1 aliphatic rings. The molecule has 0 aromatic heterocycles. The second-order valence-electron chi connectivity index (χ2n) is 3.19. The topological polar surface area (TPSA) is 9.23 Å². The first-order chi connectivity index (χ1) is 6.34. The van der Waals surface area contributed by atoms with Crippen molar-refractivity contribution in [1.29, 1.82) is 0 Å². The minimum atomic E-state index is -4.44. The van der Waals surface area contributed by atoms with Crippen LogP contribution in [0.4, 0.5) is 17.6 Å². The fourth-order valence-corrected chi connectivity index (χ4v) is 1.33. The van der Waals surface area contributed by atoms with E-state index in [0.717, 1.165) is 6.07 Å². The quantitative estimate of drug-likeness (QED) is 0.592. The summed E-state index contributed by atoms with van der Waals surface area (Å²) in [5.41, 5.74) is -0.162. The number of benzene rings is 1. The van der Waals surface area contributed by atoms with Crippen molar-refractivity contribution in [2.24, 2.45) is 0 Å². The Morgan fingerprint density at radius 2 is 1.79 bits per heavy atom. The van der Waals surface area contributed by atoms with E-state index in [9.17, 15) is 17.6 Å². The van der Waals surface area contributed by atoms with Gasteiger partial charge >= 0.3 is 12.0 Å². The Hall–Kier alpha value is -1.26. The number of halogens is 4. The summed E-state index contributed by atoms with van der Waals surface area (Å²) in [4.78, 5) is 0. The third kappa shape index (κ3) is 1.01. The molecule has 0 bridgehead atoms. The predicted molar refractivity (Wildman–Crippen MR) is 40.6 cm³/mol. The van der Waals surface area contributed by atoms with Gasteiger partial charge < -0.3 is 4.74 Å². The van der Waals surface area contributed by atoms with Crippen LogP contribution in [0, 0.1) is 6.92 Å². The number of alkyl halides is 4. The molecule has 0 aliphatic carbocycles. The van der Waals surface area contributed by atoms with Gasteiger partial charge in [-0.05, 0) is 24.6 Å². The maximum absolute atomic E-state index is 13.0. The first-order valence-corrected chi connectivity index (χ1v) is 3.90. The molecule has 1 aromatic rings. The molecule has 76 valence electrons. The monoisotopic (exact) mass is 206 g/mol. The number of hydrogen-bond donors (Lipinski definition) is 0. The van der Waals surface area contributed by atoms with Gasteiger partial charge in [0, 0.05) is 0 Å². The summed E-state index contributed by atoms with van der Waals surface area (Å²) in [7, 11) is 0. The van der Waals surface area contributed by atoms with Gasteiger partial charge in [-0.3, -0.25) is 0 Å². The molecule has 0 saturated carbocycles. The molecule has 0 unspecified atom stereocenters. The van der Waals surface area contributed by atoms with Gasteiger partial charge in [0.1, 0.15) is 5.75 Å². The van der Waals surface area contributed by atoms with Crippen molar-refractivity contribution in [2.45, 2.75) is 19.0 Å². The zero-order valence-corrected chi connectivity index (χ0v) is 7.15. The molecule has 0 radical (unpaired) electrons. The molecule has 0 amide bonds. The summed E-state index contributed by atoms with van der Waals surface area (Å²) >= 11 is 0. The minimum Gasteiger partial charge on any atom is -0.427 e. The lowest BCUT2D eigenvalue weighted by atomic mass is 10.1. The maximum atomic E-state index is 13.0. The van der Waals surface area contributed by atoms with Gasteiger partial charge in [0.2, 0.25) is 0 Å². The van der Waals surface area contributed by atoms with E-state index in [2.05, 4.69) is 4.74 Å². The van der Waals surface area contributed by atoms with E-state index < -0.39 is 23.3 Å². The highest BCUT2D eigenvalue weighted by atomic mass is 19.3. The average Bonchev–Trinajstić information content (AvgIpc) is 2.18. The molecule has 0 fully saturated rings. The Bertz CT molecular complexity index is 386. The predicted octanol–water partition coefficient (Wildman–Crippen LogP) is 3.07. The lowest BCUT2D eigenvalue weighted by Crippen LogP contribution is -2.36. The molecular weight excluding hydrogens is 200 g/mol. The summed E-state index contributed by atoms with van der Waals surface area (Å²) in [6.07, 6.45) is -4.44. The molecule has 0 N–H and O–H groups in total. The highest BCUT2D eigenvalue weighted by molar-refractivity contribution is 5.44. The molecule has 1 aromatic carbocycles. The van der Waals surface area contributed by atoms with Crippen molar-refractivity contribution in [3.8, 4) is 5.75 Å². The van der Waals surface area contributed by atoms with E-state index >= 15 is 0 Å². The summed E-state index contributed by atoms with van der Waals surface area (Å²) in [5.74, 6) is -4.68. The average molecular weight is 206 g/mol. The molecule has 1 aliphatic heterocycles. The van der Waals surface area contributed by atoms with Gasteiger partial charge in [0.25, 0.3) is 0 Å². The van der Waals surface area contributed by atoms with E-state index in [1.54, 1.807) is 6.92 Å². The Labute approximate surface area is 77.3 Å². The molecular formula is C9H6F4O. The van der Waals surface area contributed by atoms with Crippen molar-refractivity contribution in [3.05, 3.63) is 29.3 Å². The Morgan fingerprint density at radius 1 is 1.14 bits per heavy atom. The van der Waals surface area contributed by atoms with Crippen molar-refractivity contribution >= 4 is 0 Å². The van der Waals surface area contributed by atoms with Crippen LogP contribution in [0.15, 0.2) is 18.2 Å². The van der Waals surface area contributed by atoms with Crippen molar-refractivity contribution in [2.75, 3.05) is 0 Å². The van der Waals surface area contributed by atoms with Crippen LogP contribution in [0.25, 0.3) is 0 Å². The zero-order chi connectivity index (χ0) is 10.6. The molecule has 1 nitrogen and oxygen atoms in total. The Kier molecular flexibility index (Phi) is 1.60. The van der Waals surface area contributed by atoms with Crippen LogP contribution in [0.2, 0.25) is 0 Å². The van der Waals surface area contributed by atoms with Crippen molar-refractivity contribution < 1.29 is 22.3 Å². The second-order valence-corrected chi connectivity index (χ2v) is 3.19. The van der Waals surface area contributed by atoms with Crippen LogP contribution in [-0.4, -0.2) is 6.11 Å². The van der Waals surface area contributed by atoms with Crippen LogP contribution in [-0.2, 0) is 5.92 Å². The second kappa shape index (κ2) is 2.40. The van der Waals surface area contributed by atoms with Crippen LogP contribution in [0.1, 0.15) is 11.1 Å². The normalized spacial score (nSPS) is 21.5. The molecule has 0 spiro atoms. The smallest absolute Gasteiger partial charge is 0.427 e. The largest absolute Gasteiger partial charge is 0.469 e. The van der Waals surface area contributed by atoms with E-state index in [1.165, 1.54) is 12.1 Å². The molecule has 0 atom stereocenters. The molecule has 14 heavy (non-hydrogen) atoms. The van der Waals surface area contributed by atoms with Gasteiger partial charge in [-0.1, -0.05) is 6.07 Å². The lowest BCUT2D eigenvalue weighted by molar-refractivity contribution is -0.296. The summed E-state index contributed by atoms with van der Waals surface area (Å²) in [6.45, 7) is 1.61. The third-order valence-electron chi connectivity index (χ3n) is 2.08. The fourth-order valence-electron chi connectivity index (χ4n) is 1.33. The van der Waals surface area contributed by atoms with E-state index in [-0.39, 0.29) is 0 Å². The third-order valence-corrected chi connectivity index (χ3v) is 2.08. The summed E-state index contributed by atoms with van der Waals surface area (Å²) < 4.78 is 55.2. The fraction of sp³-hybridized carbons (Fsp3) is 0.333. The van der Waals surface area contributed by atoms with Gasteiger partial charge in [-0.25, -0.2) is 0 Å². The minimum absolute atomic E-state index is 0.444. The number of ether oxygens (including phenoxy) is 1. The van der Waals surface area contributed by atoms with Gasteiger partial charge in [-0.2, -0.15) is 17.6 Å². The highest BCUT2D eigenvalue weighted by Crippen LogP contribution is 2.53. The summed E-state index contributed by atoms with van der Waals surface area (Å²) in [5, 5.41) is 0. The van der Waals surface area contributed by atoms with Crippen LogP contribution in [0.3, 0.4) is 0 Å². The Balaban J connectivity index is 2.60. The first-order valence-electron chi connectivity index (χ1n) is 3.90. The standard InChI is InChI=1S/C9H6F4O/c1-5-2-3-6-7(4-5)14-9(12,13)8(6,10)11/h2-4H,1H3. The van der Waals surface area contributed by atoms with Gasteiger partial charge in [0.05, 0.1) is 5.56 Å².